The van der Waals surface area contributed by atoms with Gasteiger partial charge in [0.25, 0.3) is 0 Å². The molecule has 5 rings (SSSR count). The number of fused-ring (bicyclic) bond motifs is 1. The van der Waals surface area contributed by atoms with Gasteiger partial charge in [-0.15, -0.1) is 0 Å². The predicted molar refractivity (Wildman–Crippen MR) is 113 cm³/mol. The zero-order valence-corrected chi connectivity index (χ0v) is 17.7. The minimum atomic E-state index is -0.601. The number of likely N-dealkylation sites (tertiary alicyclic amines) is 1. The topological polar surface area (TPSA) is 62.7 Å². The van der Waals surface area contributed by atoms with E-state index in [0.29, 0.717) is 25.6 Å². The van der Waals surface area contributed by atoms with Crippen LogP contribution in [0.15, 0.2) is 36.5 Å². The van der Waals surface area contributed by atoms with Crippen LogP contribution < -0.4 is 0 Å². The molecule has 160 valence electrons. The molecule has 1 aromatic rings. The molecule has 4 atom stereocenters. The molecule has 3 fully saturated rings. The van der Waals surface area contributed by atoms with E-state index in [4.69, 9.17) is 4.74 Å². The van der Waals surface area contributed by atoms with Gasteiger partial charge < -0.3 is 14.5 Å². The molecule has 2 bridgehead atoms. The molecule has 4 heterocycles. The molecular formula is C24H31N3O3. The molecule has 6 nitrogen and oxygen atoms in total. The summed E-state index contributed by atoms with van der Waals surface area (Å²) < 4.78 is 6.32. The van der Waals surface area contributed by atoms with Gasteiger partial charge in [0.1, 0.15) is 5.60 Å². The largest absolute Gasteiger partial charge is 0.360 e. The maximum atomic E-state index is 13.5. The number of carbonyl (C=O) groups excluding carboxylic acids is 2. The number of carbonyl (C=O) groups is 2. The number of ether oxygens (including phenoxy) is 1. The first kappa shape index (κ1) is 19.7. The Bertz CT molecular complexity index is 833. The molecule has 0 radical (unpaired) electrons. The average Bonchev–Trinajstić information content (AvgIpc) is 3.32. The van der Waals surface area contributed by atoms with Crippen LogP contribution in [-0.4, -0.2) is 64.5 Å². The van der Waals surface area contributed by atoms with Gasteiger partial charge in [-0.05, 0) is 25.0 Å². The summed E-state index contributed by atoms with van der Waals surface area (Å²) in [5, 5.41) is 0. The Morgan fingerprint density at radius 3 is 2.80 bits per heavy atom. The maximum Gasteiger partial charge on any atom is 0.230 e. The van der Waals surface area contributed by atoms with Crippen LogP contribution in [0.2, 0.25) is 0 Å². The average molecular weight is 410 g/mol. The number of aromatic nitrogens is 1. The van der Waals surface area contributed by atoms with Crippen molar-refractivity contribution in [2.24, 2.45) is 11.8 Å². The lowest BCUT2D eigenvalue weighted by Crippen LogP contribution is -2.45. The van der Waals surface area contributed by atoms with Crippen LogP contribution in [0.25, 0.3) is 0 Å². The van der Waals surface area contributed by atoms with E-state index in [1.807, 2.05) is 31.3 Å². The summed E-state index contributed by atoms with van der Waals surface area (Å²) in [4.78, 5) is 35.1. The van der Waals surface area contributed by atoms with Gasteiger partial charge in [-0.2, -0.15) is 0 Å². The molecule has 0 N–H and O–H groups in total. The van der Waals surface area contributed by atoms with Crippen molar-refractivity contribution >= 4 is 11.8 Å². The lowest BCUT2D eigenvalue weighted by atomic mass is 9.76. The first-order valence-corrected chi connectivity index (χ1v) is 11.4. The summed E-state index contributed by atoms with van der Waals surface area (Å²) in [5.41, 5.74) is 0.366. The van der Waals surface area contributed by atoms with Gasteiger partial charge in [0, 0.05) is 37.9 Å². The minimum Gasteiger partial charge on any atom is -0.360 e. The van der Waals surface area contributed by atoms with Gasteiger partial charge >= 0.3 is 0 Å². The van der Waals surface area contributed by atoms with Crippen molar-refractivity contribution in [2.75, 3.05) is 20.1 Å². The molecule has 30 heavy (non-hydrogen) atoms. The Hall–Kier alpha value is -2.21. The fourth-order valence-electron chi connectivity index (χ4n) is 5.88. The number of pyridine rings is 1. The third kappa shape index (κ3) is 3.25. The summed E-state index contributed by atoms with van der Waals surface area (Å²) >= 11 is 0. The first-order chi connectivity index (χ1) is 14.6. The third-order valence-electron chi connectivity index (χ3n) is 7.49. The van der Waals surface area contributed by atoms with E-state index in [9.17, 15) is 9.59 Å². The number of hydrogen-bond acceptors (Lipinski definition) is 4. The van der Waals surface area contributed by atoms with Gasteiger partial charge in [-0.1, -0.05) is 43.9 Å². The summed E-state index contributed by atoms with van der Waals surface area (Å²) in [7, 11) is 1.83. The van der Waals surface area contributed by atoms with Gasteiger partial charge in [-0.25, -0.2) is 0 Å². The van der Waals surface area contributed by atoms with Crippen molar-refractivity contribution in [1.29, 1.82) is 0 Å². The highest BCUT2D eigenvalue weighted by Crippen LogP contribution is 2.53. The van der Waals surface area contributed by atoms with Crippen molar-refractivity contribution in [2.45, 2.75) is 62.7 Å². The van der Waals surface area contributed by atoms with Crippen molar-refractivity contribution in [3.8, 4) is 0 Å². The monoisotopic (exact) mass is 409 g/mol. The van der Waals surface area contributed by atoms with E-state index < -0.39 is 11.5 Å². The zero-order chi connectivity index (χ0) is 20.7. The summed E-state index contributed by atoms with van der Waals surface area (Å²) in [6.07, 6.45) is 13.3. The van der Waals surface area contributed by atoms with Crippen molar-refractivity contribution in [1.82, 2.24) is 14.8 Å². The molecular weight excluding hydrogens is 378 g/mol. The van der Waals surface area contributed by atoms with Crippen molar-refractivity contribution in [3.05, 3.63) is 42.2 Å². The van der Waals surface area contributed by atoms with Crippen LogP contribution in [0.5, 0.6) is 0 Å². The van der Waals surface area contributed by atoms with Gasteiger partial charge in [0.05, 0.1) is 24.5 Å². The van der Waals surface area contributed by atoms with E-state index in [0.717, 1.165) is 18.5 Å². The quantitative estimate of drug-likeness (QED) is 0.554. The molecule has 1 spiro atoms. The third-order valence-corrected chi connectivity index (χ3v) is 7.49. The molecule has 6 heteroatoms. The molecule has 4 aliphatic rings. The molecule has 2 amide bonds. The van der Waals surface area contributed by atoms with E-state index in [2.05, 4.69) is 16.0 Å². The van der Waals surface area contributed by atoms with E-state index in [1.165, 1.54) is 25.7 Å². The number of likely N-dealkylation sites (N-methyl/N-ethyl adjacent to an activating group) is 1. The van der Waals surface area contributed by atoms with Gasteiger partial charge in [-0.3, -0.25) is 14.6 Å². The second-order valence-electron chi connectivity index (χ2n) is 9.34. The van der Waals surface area contributed by atoms with Crippen LogP contribution >= 0.6 is 0 Å². The molecule has 1 saturated carbocycles. The van der Waals surface area contributed by atoms with Gasteiger partial charge in [0.15, 0.2) is 0 Å². The van der Waals surface area contributed by atoms with Crippen LogP contribution in [0.4, 0.5) is 0 Å². The van der Waals surface area contributed by atoms with Crippen LogP contribution in [-0.2, 0) is 20.7 Å². The lowest BCUT2D eigenvalue weighted by Gasteiger charge is -2.30. The van der Waals surface area contributed by atoms with E-state index in [-0.39, 0.29) is 23.8 Å². The fourth-order valence-corrected chi connectivity index (χ4v) is 5.88. The Morgan fingerprint density at radius 1 is 1.27 bits per heavy atom. The Balaban J connectivity index is 1.31. The highest BCUT2D eigenvalue weighted by atomic mass is 16.5. The van der Waals surface area contributed by atoms with Crippen LogP contribution in [0.3, 0.4) is 0 Å². The maximum absolute atomic E-state index is 13.5. The normalized spacial score (nSPS) is 33.0. The second kappa shape index (κ2) is 7.80. The minimum absolute atomic E-state index is 0.0169. The summed E-state index contributed by atoms with van der Waals surface area (Å²) in [5.74, 6) is -0.638. The number of hydrogen-bond donors (Lipinski definition) is 0. The van der Waals surface area contributed by atoms with Gasteiger partial charge in [0.2, 0.25) is 11.8 Å². The Morgan fingerprint density at radius 2 is 2.07 bits per heavy atom. The van der Waals surface area contributed by atoms with E-state index in [1.54, 1.807) is 11.1 Å². The molecule has 1 aliphatic carbocycles. The highest BCUT2D eigenvalue weighted by molar-refractivity contribution is 5.93. The van der Waals surface area contributed by atoms with Crippen LogP contribution in [0, 0.1) is 11.8 Å². The van der Waals surface area contributed by atoms with Crippen molar-refractivity contribution < 1.29 is 14.3 Å². The molecule has 2 saturated heterocycles. The number of rotatable bonds is 5. The predicted octanol–water partition coefficient (Wildman–Crippen LogP) is 2.59. The second-order valence-corrected chi connectivity index (χ2v) is 9.34. The Kier molecular flexibility index (Phi) is 5.13. The molecule has 3 aliphatic heterocycles. The highest BCUT2D eigenvalue weighted by Gasteiger charge is 2.67. The first-order valence-electron chi connectivity index (χ1n) is 11.4. The summed E-state index contributed by atoms with van der Waals surface area (Å²) in [6.45, 7) is 1.19. The Labute approximate surface area is 178 Å². The smallest absolute Gasteiger partial charge is 0.230 e. The molecule has 0 aromatic carbocycles. The molecule has 0 unspecified atom stereocenters. The lowest BCUT2D eigenvalue weighted by molar-refractivity contribution is -0.143. The van der Waals surface area contributed by atoms with Crippen LogP contribution in [0.1, 0.15) is 44.2 Å². The fraction of sp³-hybridized carbons (Fsp3) is 0.625. The zero-order valence-electron chi connectivity index (χ0n) is 17.7. The molecule has 1 aromatic heterocycles. The van der Waals surface area contributed by atoms with Crippen molar-refractivity contribution in [3.63, 3.8) is 0 Å². The number of amides is 2. The van der Waals surface area contributed by atoms with E-state index >= 15 is 0 Å². The summed E-state index contributed by atoms with van der Waals surface area (Å²) in [6, 6.07) is 6.13. The SMILES string of the molecule is CN(CCc1ccccn1)C(=O)[C@@H]1[C@@H]2C=C[C@@]3(CN(C4CCCCCC4)C(=O)[C@H]13)O2. The number of nitrogens with zero attached hydrogens (tertiary/aromatic N) is 3. The standard InChI is InChI=1S/C24H31N3O3/c1-26(15-12-17-8-6-7-14-25-17)22(28)20-19-11-13-24(30-19)16-27(23(29)21(20)24)18-9-4-2-3-5-10-18/h6-8,11,13-14,18-21H,2-5,9-10,12,15-16H2,1H3/t19-,20+,21-,24-/m0/s1.